The van der Waals surface area contributed by atoms with Crippen molar-refractivity contribution in [3.8, 4) is 0 Å². The van der Waals surface area contributed by atoms with Crippen molar-refractivity contribution in [3.05, 3.63) is 29.5 Å². The van der Waals surface area contributed by atoms with Crippen LogP contribution in [0.4, 0.5) is 0 Å². The molecule has 1 aromatic heterocycles. The minimum absolute atomic E-state index is 0.0102. The summed E-state index contributed by atoms with van der Waals surface area (Å²) in [7, 11) is 0. The van der Waals surface area contributed by atoms with Crippen LogP contribution in [0.3, 0.4) is 0 Å². The third-order valence-corrected chi connectivity index (χ3v) is 7.99. The van der Waals surface area contributed by atoms with E-state index in [1.807, 2.05) is 30.0 Å². The van der Waals surface area contributed by atoms with Crippen LogP contribution in [-0.4, -0.2) is 44.4 Å². The summed E-state index contributed by atoms with van der Waals surface area (Å²) in [6, 6.07) is 5.53. The SMILES string of the molecule is Cc1ccc2c(c1)c(C(N)=O)nn2CC(=O)N1[C@@H]2C[C@@H]2C[C@H]1C(=O)C[C@@H]1CCCC(C)(C)C1. The smallest absolute Gasteiger partial charge is 0.269 e. The predicted octanol–water partition coefficient (Wildman–Crippen LogP) is 3.61. The number of hydrogen-bond acceptors (Lipinski definition) is 4. The fourth-order valence-corrected chi connectivity index (χ4v) is 6.36. The monoisotopic (exact) mass is 450 g/mol. The number of fused-ring (bicyclic) bond motifs is 2. The summed E-state index contributed by atoms with van der Waals surface area (Å²) < 4.78 is 1.57. The highest BCUT2D eigenvalue weighted by Gasteiger charge is 2.55. The highest BCUT2D eigenvalue weighted by molar-refractivity contribution is 6.04. The fourth-order valence-electron chi connectivity index (χ4n) is 6.36. The van der Waals surface area contributed by atoms with Crippen LogP contribution < -0.4 is 5.73 Å². The molecular weight excluding hydrogens is 416 g/mol. The van der Waals surface area contributed by atoms with Gasteiger partial charge in [-0.25, -0.2) is 0 Å². The van der Waals surface area contributed by atoms with Crippen LogP contribution in [0.5, 0.6) is 0 Å². The molecule has 4 atom stereocenters. The maximum Gasteiger partial charge on any atom is 0.269 e. The van der Waals surface area contributed by atoms with E-state index < -0.39 is 5.91 Å². The second-order valence-corrected chi connectivity index (χ2v) is 11.3. The number of aromatic nitrogens is 2. The normalized spacial score (nSPS) is 28.0. The third-order valence-electron chi connectivity index (χ3n) is 7.99. The summed E-state index contributed by atoms with van der Waals surface area (Å²) in [5, 5.41) is 5.03. The first-order valence-electron chi connectivity index (χ1n) is 12.2. The second-order valence-electron chi connectivity index (χ2n) is 11.3. The number of likely N-dealkylation sites (tertiary alicyclic amines) is 1. The maximum atomic E-state index is 13.4. The van der Waals surface area contributed by atoms with Crippen molar-refractivity contribution in [2.45, 2.75) is 84.3 Å². The zero-order chi connectivity index (χ0) is 23.5. The lowest BCUT2D eigenvalue weighted by atomic mass is 9.70. The Morgan fingerprint density at radius 3 is 2.73 bits per heavy atom. The quantitative estimate of drug-likeness (QED) is 0.727. The van der Waals surface area contributed by atoms with E-state index >= 15 is 0 Å². The largest absolute Gasteiger partial charge is 0.364 e. The molecule has 1 aliphatic heterocycles. The zero-order valence-corrected chi connectivity index (χ0v) is 19.8. The number of Topliss-reactive ketones (excluding diaryl/α,β-unsaturated/α-hetero) is 1. The Kier molecular flexibility index (Phi) is 5.33. The number of carbonyl (C=O) groups is 3. The van der Waals surface area contributed by atoms with Gasteiger partial charge in [0.1, 0.15) is 6.54 Å². The number of nitrogens with zero attached hydrogens (tertiary/aromatic N) is 3. The molecule has 2 saturated carbocycles. The number of carbonyl (C=O) groups excluding carboxylic acids is 3. The summed E-state index contributed by atoms with van der Waals surface area (Å²) in [6.45, 7) is 6.53. The Hall–Kier alpha value is -2.70. The Morgan fingerprint density at radius 2 is 2.00 bits per heavy atom. The van der Waals surface area contributed by atoms with Crippen molar-refractivity contribution in [1.82, 2.24) is 14.7 Å². The zero-order valence-electron chi connectivity index (χ0n) is 19.8. The van der Waals surface area contributed by atoms with Gasteiger partial charge >= 0.3 is 0 Å². The van der Waals surface area contributed by atoms with Crippen molar-refractivity contribution in [2.24, 2.45) is 23.0 Å². The molecule has 176 valence electrons. The molecule has 2 aliphatic carbocycles. The van der Waals surface area contributed by atoms with Gasteiger partial charge in [-0.3, -0.25) is 19.1 Å². The Labute approximate surface area is 194 Å². The minimum Gasteiger partial charge on any atom is -0.364 e. The molecule has 2 amide bonds. The van der Waals surface area contributed by atoms with Crippen LogP contribution in [0, 0.1) is 24.2 Å². The molecule has 1 saturated heterocycles. The van der Waals surface area contributed by atoms with Gasteiger partial charge in [0, 0.05) is 17.8 Å². The van der Waals surface area contributed by atoms with Gasteiger partial charge in [-0.05, 0) is 68.4 Å². The molecule has 0 radical (unpaired) electrons. The lowest BCUT2D eigenvalue weighted by Crippen LogP contribution is -2.45. The van der Waals surface area contributed by atoms with Gasteiger partial charge in [0.25, 0.3) is 5.91 Å². The molecule has 0 unspecified atom stereocenters. The summed E-state index contributed by atoms with van der Waals surface area (Å²) in [6.07, 6.45) is 6.94. The molecular formula is C26H34N4O3. The molecule has 0 spiro atoms. The molecule has 7 heteroatoms. The van der Waals surface area contributed by atoms with Crippen LogP contribution >= 0.6 is 0 Å². The van der Waals surface area contributed by atoms with Crippen LogP contribution in [0.25, 0.3) is 10.9 Å². The molecule has 5 rings (SSSR count). The number of hydrogen-bond donors (Lipinski definition) is 1. The average Bonchev–Trinajstić information content (AvgIpc) is 3.24. The molecule has 0 bridgehead atoms. The maximum absolute atomic E-state index is 13.4. The molecule has 1 aromatic carbocycles. The molecule has 2 N–H and O–H groups in total. The number of aryl methyl sites for hydroxylation is 1. The molecule has 3 fully saturated rings. The molecule has 3 aliphatic rings. The summed E-state index contributed by atoms with van der Waals surface area (Å²) in [5.41, 5.74) is 7.72. The number of ketones is 1. The van der Waals surface area contributed by atoms with Crippen LogP contribution in [-0.2, 0) is 16.1 Å². The number of primary amides is 1. The summed E-state index contributed by atoms with van der Waals surface area (Å²) in [5.74, 6) is 0.388. The molecule has 33 heavy (non-hydrogen) atoms. The van der Waals surface area contributed by atoms with Crippen molar-refractivity contribution in [3.63, 3.8) is 0 Å². The van der Waals surface area contributed by atoms with E-state index in [0.717, 1.165) is 31.2 Å². The van der Waals surface area contributed by atoms with Gasteiger partial charge in [0.05, 0.1) is 11.6 Å². The first-order valence-corrected chi connectivity index (χ1v) is 12.2. The van der Waals surface area contributed by atoms with Gasteiger partial charge < -0.3 is 10.6 Å². The molecule has 2 heterocycles. The number of piperidine rings is 1. The van der Waals surface area contributed by atoms with Crippen molar-refractivity contribution < 1.29 is 14.4 Å². The Bertz CT molecular complexity index is 1130. The van der Waals surface area contributed by atoms with Gasteiger partial charge in [-0.2, -0.15) is 5.10 Å². The minimum atomic E-state index is -0.608. The van der Waals surface area contributed by atoms with E-state index in [4.69, 9.17) is 5.73 Å². The Morgan fingerprint density at radius 1 is 1.21 bits per heavy atom. The van der Waals surface area contributed by atoms with E-state index in [-0.39, 0.29) is 36.0 Å². The van der Waals surface area contributed by atoms with Gasteiger partial charge in [-0.15, -0.1) is 0 Å². The highest BCUT2D eigenvalue weighted by Crippen LogP contribution is 2.49. The first kappa shape index (κ1) is 22.1. The predicted molar refractivity (Wildman–Crippen MR) is 125 cm³/mol. The lowest BCUT2D eigenvalue weighted by molar-refractivity contribution is -0.140. The Balaban J connectivity index is 1.34. The lowest BCUT2D eigenvalue weighted by Gasteiger charge is -2.36. The van der Waals surface area contributed by atoms with Crippen molar-refractivity contribution in [1.29, 1.82) is 0 Å². The topological polar surface area (TPSA) is 98.3 Å². The van der Waals surface area contributed by atoms with Crippen LogP contribution in [0.2, 0.25) is 0 Å². The van der Waals surface area contributed by atoms with Gasteiger partial charge in [0.15, 0.2) is 11.5 Å². The molecule has 7 nitrogen and oxygen atoms in total. The van der Waals surface area contributed by atoms with Crippen LogP contribution in [0.1, 0.15) is 74.8 Å². The fraction of sp³-hybridized carbons (Fsp3) is 0.615. The number of nitrogens with two attached hydrogens (primary N) is 1. The molecule has 2 aromatic rings. The summed E-state index contributed by atoms with van der Waals surface area (Å²) in [4.78, 5) is 40.5. The summed E-state index contributed by atoms with van der Waals surface area (Å²) >= 11 is 0. The van der Waals surface area contributed by atoms with E-state index in [0.29, 0.717) is 34.6 Å². The van der Waals surface area contributed by atoms with E-state index in [9.17, 15) is 14.4 Å². The van der Waals surface area contributed by atoms with Crippen LogP contribution in [0.15, 0.2) is 18.2 Å². The van der Waals surface area contributed by atoms with Crippen molar-refractivity contribution >= 4 is 28.5 Å². The van der Waals surface area contributed by atoms with E-state index in [1.54, 1.807) is 4.68 Å². The number of amides is 2. The second kappa shape index (κ2) is 7.96. The average molecular weight is 451 g/mol. The van der Waals surface area contributed by atoms with Gasteiger partial charge in [0.2, 0.25) is 5.91 Å². The first-order chi connectivity index (χ1) is 15.6. The highest BCUT2D eigenvalue weighted by atomic mass is 16.2. The van der Waals surface area contributed by atoms with Crippen molar-refractivity contribution in [2.75, 3.05) is 0 Å². The number of benzene rings is 1. The standard InChI is InChI=1S/C26H34N4O3/c1-15-6-7-19-18(9-15)24(25(27)33)28-29(19)14-23(32)30-20-11-17(20)12-21(30)22(31)10-16-5-4-8-26(2,3)13-16/h6-7,9,16-17,20-21H,4-5,8,10-14H2,1-3H3,(H2,27,33)/t16-,17+,20+,21-/m0/s1. The van der Waals surface area contributed by atoms with E-state index in [2.05, 4.69) is 18.9 Å². The third kappa shape index (κ3) is 4.18. The van der Waals surface area contributed by atoms with Gasteiger partial charge in [-0.1, -0.05) is 31.9 Å². The van der Waals surface area contributed by atoms with E-state index in [1.165, 1.54) is 12.8 Å². The number of rotatable bonds is 6.